The third-order valence-electron chi connectivity index (χ3n) is 3.71. The third-order valence-corrected chi connectivity index (χ3v) is 4.85. The van der Waals surface area contributed by atoms with Gasteiger partial charge in [0.25, 0.3) is 0 Å². The summed E-state index contributed by atoms with van der Waals surface area (Å²) in [5.41, 5.74) is 2.38. The van der Waals surface area contributed by atoms with E-state index in [9.17, 15) is 17.2 Å². The molecule has 0 fully saturated rings. The van der Waals surface area contributed by atoms with E-state index in [2.05, 4.69) is 0 Å². The molecule has 0 aliphatic rings. The van der Waals surface area contributed by atoms with Gasteiger partial charge in [0.15, 0.2) is 9.84 Å². The van der Waals surface area contributed by atoms with Crippen LogP contribution in [0.25, 0.3) is 22.3 Å². The molecule has 0 heterocycles. The molecule has 2 nitrogen and oxygen atoms in total. The van der Waals surface area contributed by atoms with Gasteiger partial charge < -0.3 is 0 Å². The average molecular weight is 344 g/mol. The van der Waals surface area contributed by atoms with E-state index in [1.54, 1.807) is 24.3 Å². The summed E-state index contributed by atoms with van der Waals surface area (Å²) < 4.78 is 50.8. The number of hydrogen-bond donors (Lipinski definition) is 0. The van der Waals surface area contributed by atoms with Gasteiger partial charge in [0.2, 0.25) is 0 Å². The first-order valence-corrected chi connectivity index (χ1v) is 9.10. The minimum atomic E-state index is -3.50. The van der Waals surface area contributed by atoms with Crippen LogP contribution >= 0.6 is 0 Å². The van der Waals surface area contributed by atoms with Crippen LogP contribution in [0, 0.1) is 11.6 Å². The number of rotatable bonds is 3. The minimum absolute atomic E-state index is 0.149. The van der Waals surface area contributed by atoms with Crippen molar-refractivity contribution in [1.29, 1.82) is 0 Å². The molecule has 0 N–H and O–H groups in total. The molecular formula is C19H14F2O2S. The molecule has 0 radical (unpaired) electrons. The lowest BCUT2D eigenvalue weighted by molar-refractivity contribution is 0.602. The highest BCUT2D eigenvalue weighted by Crippen LogP contribution is 2.37. The highest BCUT2D eigenvalue weighted by molar-refractivity contribution is 7.90. The van der Waals surface area contributed by atoms with Crippen LogP contribution < -0.4 is 0 Å². The minimum Gasteiger partial charge on any atom is -0.224 e. The lowest BCUT2D eigenvalue weighted by atomic mass is 9.94. The van der Waals surface area contributed by atoms with Gasteiger partial charge in [-0.25, -0.2) is 17.2 Å². The quantitative estimate of drug-likeness (QED) is 0.690. The van der Waals surface area contributed by atoms with Crippen molar-refractivity contribution in [3.8, 4) is 22.3 Å². The smallest absolute Gasteiger partial charge is 0.176 e. The van der Waals surface area contributed by atoms with Gasteiger partial charge in [0.05, 0.1) is 4.90 Å². The van der Waals surface area contributed by atoms with Crippen LogP contribution in [-0.4, -0.2) is 14.7 Å². The second kappa shape index (κ2) is 6.17. The van der Waals surface area contributed by atoms with Crippen LogP contribution in [0.1, 0.15) is 0 Å². The zero-order valence-electron chi connectivity index (χ0n) is 12.8. The van der Waals surface area contributed by atoms with Crippen molar-refractivity contribution in [2.24, 2.45) is 0 Å². The van der Waals surface area contributed by atoms with Crippen molar-refractivity contribution in [1.82, 2.24) is 0 Å². The summed E-state index contributed by atoms with van der Waals surface area (Å²) >= 11 is 0. The van der Waals surface area contributed by atoms with Gasteiger partial charge in [-0.15, -0.1) is 0 Å². The molecule has 0 aromatic heterocycles. The Kier molecular flexibility index (Phi) is 4.20. The molecule has 122 valence electrons. The Balaban J connectivity index is 2.34. The van der Waals surface area contributed by atoms with Gasteiger partial charge in [-0.1, -0.05) is 36.4 Å². The Morgan fingerprint density at radius 1 is 0.708 bits per heavy atom. The number of benzene rings is 3. The van der Waals surface area contributed by atoms with Crippen LogP contribution in [0.5, 0.6) is 0 Å². The van der Waals surface area contributed by atoms with Crippen LogP contribution in [0.15, 0.2) is 71.6 Å². The maximum absolute atomic E-state index is 13.2. The molecule has 5 heteroatoms. The molecule has 0 aliphatic heterocycles. The lowest BCUT2D eigenvalue weighted by Crippen LogP contribution is -2.01. The third kappa shape index (κ3) is 3.21. The summed E-state index contributed by atoms with van der Waals surface area (Å²) in [6, 6.07) is 16.4. The van der Waals surface area contributed by atoms with E-state index < -0.39 is 15.7 Å². The normalized spacial score (nSPS) is 11.5. The summed E-state index contributed by atoms with van der Waals surface area (Å²) in [4.78, 5) is 0.149. The molecule has 3 aromatic carbocycles. The van der Waals surface area contributed by atoms with Crippen LogP contribution in [-0.2, 0) is 9.84 Å². The fraction of sp³-hybridized carbons (Fsp3) is 0.0526. The Morgan fingerprint density at radius 2 is 1.21 bits per heavy atom. The van der Waals surface area contributed by atoms with Crippen molar-refractivity contribution in [3.63, 3.8) is 0 Å². The first kappa shape index (κ1) is 16.3. The van der Waals surface area contributed by atoms with Crippen molar-refractivity contribution in [2.45, 2.75) is 4.90 Å². The molecule has 0 aliphatic carbocycles. The lowest BCUT2D eigenvalue weighted by Gasteiger charge is -2.14. The zero-order chi connectivity index (χ0) is 17.3. The Hall–Kier alpha value is -2.53. The van der Waals surface area contributed by atoms with Crippen molar-refractivity contribution < 1.29 is 17.2 Å². The van der Waals surface area contributed by atoms with Crippen LogP contribution in [0.4, 0.5) is 8.78 Å². The largest absolute Gasteiger partial charge is 0.224 e. The molecule has 0 spiro atoms. The maximum atomic E-state index is 13.2. The van der Waals surface area contributed by atoms with E-state index in [-0.39, 0.29) is 10.7 Å². The average Bonchev–Trinajstić information content (AvgIpc) is 2.55. The van der Waals surface area contributed by atoms with Crippen molar-refractivity contribution in [3.05, 3.63) is 78.4 Å². The van der Waals surface area contributed by atoms with E-state index in [1.165, 1.54) is 42.5 Å². The SMILES string of the molecule is CS(=O)(=O)c1cccc(-c2ccc(F)cc2)c1-c1ccc(F)cc1. The molecule has 3 rings (SSSR count). The second-order valence-electron chi connectivity index (χ2n) is 5.46. The fourth-order valence-corrected chi connectivity index (χ4v) is 3.55. The first-order valence-electron chi connectivity index (χ1n) is 7.21. The fourth-order valence-electron chi connectivity index (χ4n) is 2.62. The number of hydrogen-bond acceptors (Lipinski definition) is 2. The summed E-state index contributed by atoms with van der Waals surface area (Å²) in [7, 11) is -3.50. The monoisotopic (exact) mass is 344 g/mol. The van der Waals surface area contributed by atoms with E-state index in [1.807, 2.05) is 0 Å². The van der Waals surface area contributed by atoms with Gasteiger partial charge in [-0.05, 0) is 47.0 Å². The number of sulfone groups is 1. The van der Waals surface area contributed by atoms with Crippen molar-refractivity contribution in [2.75, 3.05) is 6.26 Å². The first-order chi connectivity index (χ1) is 11.4. The molecule has 24 heavy (non-hydrogen) atoms. The second-order valence-corrected chi connectivity index (χ2v) is 7.45. The topological polar surface area (TPSA) is 34.1 Å². The summed E-state index contributed by atoms with van der Waals surface area (Å²) in [5.74, 6) is -0.778. The van der Waals surface area contributed by atoms with Gasteiger partial charge in [-0.3, -0.25) is 0 Å². The molecule has 0 unspecified atom stereocenters. The summed E-state index contributed by atoms with van der Waals surface area (Å²) in [6.07, 6.45) is 1.13. The van der Waals surface area contributed by atoms with Gasteiger partial charge in [0, 0.05) is 11.8 Å². The zero-order valence-corrected chi connectivity index (χ0v) is 13.6. The van der Waals surface area contributed by atoms with Gasteiger partial charge >= 0.3 is 0 Å². The Morgan fingerprint density at radius 3 is 1.71 bits per heavy atom. The van der Waals surface area contributed by atoms with E-state index in [4.69, 9.17) is 0 Å². The molecule has 0 saturated heterocycles. The summed E-state index contributed by atoms with van der Waals surface area (Å²) in [6.45, 7) is 0. The highest BCUT2D eigenvalue weighted by Gasteiger charge is 2.19. The summed E-state index contributed by atoms with van der Waals surface area (Å²) in [5, 5.41) is 0. The number of halogens is 2. The predicted molar refractivity (Wildman–Crippen MR) is 90.3 cm³/mol. The predicted octanol–water partition coefficient (Wildman–Crippen LogP) is 4.70. The molecule has 0 saturated carbocycles. The maximum Gasteiger partial charge on any atom is 0.176 e. The molecular weight excluding hydrogens is 330 g/mol. The Labute approximate surface area is 139 Å². The standard InChI is InChI=1S/C19H14F2O2S/c1-24(22,23)18-4-2-3-17(13-5-9-15(20)10-6-13)19(18)14-7-11-16(21)12-8-14/h2-12H,1H3. The molecule has 0 bridgehead atoms. The van der Waals surface area contributed by atoms with E-state index in [0.29, 0.717) is 22.3 Å². The molecule has 0 amide bonds. The van der Waals surface area contributed by atoms with Gasteiger partial charge in [0.1, 0.15) is 11.6 Å². The van der Waals surface area contributed by atoms with E-state index >= 15 is 0 Å². The van der Waals surface area contributed by atoms with E-state index in [0.717, 1.165) is 6.26 Å². The van der Waals surface area contributed by atoms with Crippen molar-refractivity contribution >= 4 is 9.84 Å². The Bertz CT molecular complexity index is 977. The van der Waals surface area contributed by atoms with Crippen LogP contribution in [0.3, 0.4) is 0 Å². The molecule has 0 atom stereocenters. The molecule has 3 aromatic rings. The van der Waals surface area contributed by atoms with Gasteiger partial charge in [-0.2, -0.15) is 0 Å². The highest BCUT2D eigenvalue weighted by atomic mass is 32.2. The van der Waals surface area contributed by atoms with Crippen LogP contribution in [0.2, 0.25) is 0 Å².